The number of rotatable bonds is 5. The number of aryl methyl sites for hydroxylation is 1. The van der Waals surface area contributed by atoms with Gasteiger partial charge in [-0.3, -0.25) is 0 Å². The number of alkyl halides is 1. The van der Waals surface area contributed by atoms with Gasteiger partial charge in [-0.1, -0.05) is 19.1 Å². The maximum atomic E-state index is 6.04. The zero-order valence-corrected chi connectivity index (χ0v) is 12.7. The van der Waals surface area contributed by atoms with Crippen molar-refractivity contribution in [1.82, 2.24) is 9.55 Å². The maximum Gasteiger partial charge on any atom is 0.125 e. The molecule has 2 nitrogen and oxygen atoms in total. The van der Waals surface area contributed by atoms with Crippen molar-refractivity contribution in [3.05, 3.63) is 29.6 Å². The molecule has 98 valence electrons. The van der Waals surface area contributed by atoms with E-state index in [1.807, 2.05) is 11.8 Å². The molecule has 2 rings (SSSR count). The number of para-hydroxylation sites is 1. The maximum absolute atomic E-state index is 6.04. The number of fused-ring (bicyclic) bond motifs is 1. The number of hydrogen-bond acceptors (Lipinski definition) is 2. The summed E-state index contributed by atoms with van der Waals surface area (Å²) >= 11 is 8.00. The van der Waals surface area contributed by atoms with E-state index in [1.54, 1.807) is 0 Å². The zero-order valence-electron chi connectivity index (χ0n) is 11.1. The van der Waals surface area contributed by atoms with Crippen LogP contribution < -0.4 is 0 Å². The van der Waals surface area contributed by atoms with Crippen LogP contribution in [0.5, 0.6) is 0 Å². The first-order chi connectivity index (χ1) is 8.69. The molecule has 4 heteroatoms. The summed E-state index contributed by atoms with van der Waals surface area (Å²) in [4.78, 5) is 4.64. The third kappa shape index (κ3) is 2.52. The number of halogens is 1. The van der Waals surface area contributed by atoms with Gasteiger partial charge < -0.3 is 4.57 Å². The predicted octanol–water partition coefficient (Wildman–Crippen LogP) is 4.40. The summed E-state index contributed by atoms with van der Waals surface area (Å²) in [5.41, 5.74) is 3.56. The first kappa shape index (κ1) is 13.8. The summed E-state index contributed by atoms with van der Waals surface area (Å²) in [5.74, 6) is 3.69. The average molecular weight is 283 g/mol. The minimum absolute atomic E-state index is 0.426. The molecule has 0 fully saturated rings. The van der Waals surface area contributed by atoms with Crippen LogP contribution in [0.2, 0.25) is 0 Å². The third-order valence-corrected chi connectivity index (χ3v) is 4.47. The van der Waals surface area contributed by atoms with Gasteiger partial charge in [-0.15, -0.1) is 11.6 Å². The standard InChI is InChI=1S/C14H19ClN2S/c1-4-18-9-11(3)17-13(8-15)16-12-7-5-6-10(2)14(12)17/h5-7,11H,4,8-9H2,1-3H3. The monoisotopic (exact) mass is 282 g/mol. The van der Waals surface area contributed by atoms with Crippen LogP contribution >= 0.6 is 23.4 Å². The van der Waals surface area contributed by atoms with Gasteiger partial charge >= 0.3 is 0 Å². The van der Waals surface area contributed by atoms with E-state index in [9.17, 15) is 0 Å². The van der Waals surface area contributed by atoms with Crippen LogP contribution in [-0.2, 0) is 5.88 Å². The number of nitrogens with zero attached hydrogens (tertiary/aromatic N) is 2. The lowest BCUT2D eigenvalue weighted by Gasteiger charge is -2.17. The molecule has 2 aromatic rings. The second-order valence-electron chi connectivity index (χ2n) is 4.48. The average Bonchev–Trinajstić information content (AvgIpc) is 2.76. The summed E-state index contributed by atoms with van der Waals surface area (Å²) in [6.07, 6.45) is 0. The summed E-state index contributed by atoms with van der Waals surface area (Å²) < 4.78 is 2.31. The third-order valence-electron chi connectivity index (χ3n) is 3.11. The van der Waals surface area contributed by atoms with Crippen molar-refractivity contribution >= 4 is 34.4 Å². The molecule has 0 radical (unpaired) electrons. The molecule has 1 aromatic heterocycles. The van der Waals surface area contributed by atoms with E-state index < -0.39 is 0 Å². The fraction of sp³-hybridized carbons (Fsp3) is 0.500. The van der Waals surface area contributed by atoms with Gasteiger partial charge in [0.1, 0.15) is 5.82 Å². The normalized spacial score (nSPS) is 13.1. The minimum Gasteiger partial charge on any atom is -0.323 e. The highest BCUT2D eigenvalue weighted by Crippen LogP contribution is 2.26. The molecule has 0 aliphatic carbocycles. The van der Waals surface area contributed by atoms with E-state index in [-0.39, 0.29) is 0 Å². The SMILES string of the molecule is CCSCC(C)n1c(CCl)nc2cccc(C)c21. The minimum atomic E-state index is 0.426. The first-order valence-electron chi connectivity index (χ1n) is 6.29. The van der Waals surface area contributed by atoms with Crippen molar-refractivity contribution in [2.45, 2.75) is 32.7 Å². The topological polar surface area (TPSA) is 17.8 Å². The molecule has 1 atom stereocenters. The van der Waals surface area contributed by atoms with Gasteiger partial charge in [0.15, 0.2) is 0 Å². The summed E-state index contributed by atoms with van der Waals surface area (Å²) in [6, 6.07) is 6.68. The molecule has 1 heterocycles. The molecule has 18 heavy (non-hydrogen) atoms. The van der Waals surface area contributed by atoms with Gasteiger partial charge in [0, 0.05) is 11.8 Å². The molecule has 0 bridgehead atoms. The van der Waals surface area contributed by atoms with Crippen LogP contribution in [0.1, 0.15) is 31.3 Å². The van der Waals surface area contributed by atoms with Crippen molar-refractivity contribution in [3.8, 4) is 0 Å². The highest BCUT2D eigenvalue weighted by molar-refractivity contribution is 7.99. The Morgan fingerprint density at radius 3 is 2.89 bits per heavy atom. The lowest BCUT2D eigenvalue weighted by Crippen LogP contribution is -2.11. The van der Waals surface area contributed by atoms with Crippen molar-refractivity contribution in [2.24, 2.45) is 0 Å². The molecule has 0 saturated heterocycles. The van der Waals surface area contributed by atoms with Crippen LogP contribution in [0.4, 0.5) is 0 Å². The Labute approximate surface area is 118 Å². The fourth-order valence-corrected chi connectivity index (χ4v) is 3.22. The molecule has 0 amide bonds. The number of aromatic nitrogens is 2. The second kappa shape index (κ2) is 5.98. The molecule has 0 aliphatic rings. The molecule has 1 unspecified atom stereocenters. The van der Waals surface area contributed by atoms with E-state index >= 15 is 0 Å². The van der Waals surface area contributed by atoms with Crippen molar-refractivity contribution < 1.29 is 0 Å². The van der Waals surface area contributed by atoms with Crippen LogP contribution in [0.25, 0.3) is 11.0 Å². The molecule has 1 aromatic carbocycles. The molecule has 0 N–H and O–H groups in total. The Kier molecular flexibility index (Phi) is 4.57. The largest absolute Gasteiger partial charge is 0.323 e. The van der Waals surface area contributed by atoms with Gasteiger partial charge in [0.05, 0.1) is 16.9 Å². The molecular weight excluding hydrogens is 264 g/mol. The predicted molar refractivity (Wildman–Crippen MR) is 81.7 cm³/mol. The van der Waals surface area contributed by atoms with Crippen molar-refractivity contribution in [1.29, 1.82) is 0 Å². The van der Waals surface area contributed by atoms with Gasteiger partial charge in [-0.05, 0) is 31.2 Å². The van der Waals surface area contributed by atoms with Crippen LogP contribution in [0.3, 0.4) is 0 Å². The van der Waals surface area contributed by atoms with E-state index in [0.29, 0.717) is 11.9 Å². The van der Waals surface area contributed by atoms with E-state index in [4.69, 9.17) is 11.6 Å². The molecule has 0 saturated carbocycles. The van der Waals surface area contributed by atoms with Crippen molar-refractivity contribution in [3.63, 3.8) is 0 Å². The number of thioether (sulfide) groups is 1. The highest BCUT2D eigenvalue weighted by atomic mass is 35.5. The van der Waals surface area contributed by atoms with Crippen LogP contribution in [0.15, 0.2) is 18.2 Å². The summed E-state index contributed by atoms with van der Waals surface area (Å²) in [5, 5.41) is 0. The van der Waals surface area contributed by atoms with Crippen LogP contribution in [-0.4, -0.2) is 21.1 Å². The Bertz CT molecular complexity index is 536. The molecule has 0 spiro atoms. The number of hydrogen-bond donors (Lipinski definition) is 0. The van der Waals surface area contributed by atoms with Gasteiger partial charge in [0.25, 0.3) is 0 Å². The Hall–Kier alpha value is -0.670. The Morgan fingerprint density at radius 1 is 1.44 bits per heavy atom. The Balaban J connectivity index is 2.52. The Morgan fingerprint density at radius 2 is 2.22 bits per heavy atom. The van der Waals surface area contributed by atoms with E-state index in [2.05, 4.69) is 48.5 Å². The highest BCUT2D eigenvalue weighted by Gasteiger charge is 2.16. The van der Waals surface area contributed by atoms with E-state index in [1.165, 1.54) is 11.1 Å². The number of benzene rings is 1. The second-order valence-corrected chi connectivity index (χ2v) is 6.07. The number of imidazole rings is 1. The lowest BCUT2D eigenvalue weighted by atomic mass is 10.2. The quantitative estimate of drug-likeness (QED) is 0.757. The van der Waals surface area contributed by atoms with Gasteiger partial charge in [-0.2, -0.15) is 11.8 Å². The zero-order chi connectivity index (χ0) is 13.1. The summed E-state index contributed by atoms with van der Waals surface area (Å²) in [6.45, 7) is 6.57. The van der Waals surface area contributed by atoms with Crippen LogP contribution in [0, 0.1) is 6.92 Å². The first-order valence-corrected chi connectivity index (χ1v) is 7.98. The fourth-order valence-electron chi connectivity index (χ4n) is 2.30. The van der Waals surface area contributed by atoms with Crippen molar-refractivity contribution in [2.75, 3.05) is 11.5 Å². The van der Waals surface area contributed by atoms with Gasteiger partial charge in [0.2, 0.25) is 0 Å². The smallest absolute Gasteiger partial charge is 0.125 e. The molecule has 0 aliphatic heterocycles. The van der Waals surface area contributed by atoms with E-state index in [0.717, 1.165) is 22.8 Å². The van der Waals surface area contributed by atoms with Gasteiger partial charge in [-0.25, -0.2) is 4.98 Å². The summed E-state index contributed by atoms with van der Waals surface area (Å²) in [7, 11) is 0. The lowest BCUT2D eigenvalue weighted by molar-refractivity contribution is 0.605. The molecular formula is C14H19ClN2S.